The summed E-state index contributed by atoms with van der Waals surface area (Å²) in [6.45, 7) is 6.18. The van der Waals surface area contributed by atoms with Crippen molar-refractivity contribution in [2.45, 2.75) is 32.5 Å². The van der Waals surface area contributed by atoms with Gasteiger partial charge in [0.25, 0.3) is 0 Å². The third-order valence-corrected chi connectivity index (χ3v) is 3.19. The predicted octanol–water partition coefficient (Wildman–Crippen LogP) is 1.87. The minimum Gasteiger partial charge on any atom is -0.383 e. The first-order valence-electron chi connectivity index (χ1n) is 6.12. The molecule has 104 valence electrons. The van der Waals surface area contributed by atoms with Crippen molar-refractivity contribution in [1.29, 1.82) is 0 Å². The maximum absolute atomic E-state index is 6.24. The average Bonchev–Trinajstić information content (AvgIpc) is 2.74. The summed E-state index contributed by atoms with van der Waals surface area (Å²) < 4.78 is 12.4. The molecule has 1 aromatic rings. The number of likely N-dealkylation sites (N-methyl/N-ethyl adjacent to an activating group) is 1. The minimum absolute atomic E-state index is 0.0143. The molecular formula is C12H22ClN3O2. The molecule has 0 amide bonds. The predicted molar refractivity (Wildman–Crippen MR) is 72.0 cm³/mol. The summed E-state index contributed by atoms with van der Waals surface area (Å²) in [5, 5.41) is 8.32. The maximum atomic E-state index is 6.24. The van der Waals surface area contributed by atoms with Crippen molar-refractivity contribution >= 4 is 11.6 Å². The minimum atomic E-state index is 0.0143. The standard InChI is InChI=1S/C12H22ClN3O2/c1-5-14-11(9(2)18-4)12-10(13)8-15-16(12)6-7-17-3/h8-9,11,14H,5-7H2,1-4H3. The van der Waals surface area contributed by atoms with Crippen molar-refractivity contribution in [3.8, 4) is 0 Å². The Hall–Kier alpha value is -0.620. The summed E-state index contributed by atoms with van der Waals surface area (Å²) in [5.74, 6) is 0. The molecule has 0 aliphatic carbocycles. The molecule has 1 heterocycles. The Morgan fingerprint density at radius 3 is 2.78 bits per heavy atom. The van der Waals surface area contributed by atoms with Crippen molar-refractivity contribution < 1.29 is 9.47 Å². The summed E-state index contributed by atoms with van der Waals surface area (Å²) in [7, 11) is 3.36. The number of nitrogens with zero attached hydrogens (tertiary/aromatic N) is 2. The molecule has 2 unspecified atom stereocenters. The molecule has 1 aromatic heterocycles. The highest BCUT2D eigenvalue weighted by Gasteiger charge is 2.24. The Labute approximate surface area is 113 Å². The normalized spacial score (nSPS) is 14.7. The van der Waals surface area contributed by atoms with Crippen LogP contribution in [0.5, 0.6) is 0 Å². The highest BCUT2D eigenvalue weighted by atomic mass is 35.5. The highest BCUT2D eigenvalue weighted by Crippen LogP contribution is 2.26. The zero-order chi connectivity index (χ0) is 13.5. The van der Waals surface area contributed by atoms with Crippen LogP contribution in [-0.2, 0) is 16.0 Å². The van der Waals surface area contributed by atoms with E-state index >= 15 is 0 Å². The van der Waals surface area contributed by atoms with Crippen LogP contribution in [0.1, 0.15) is 25.6 Å². The van der Waals surface area contributed by atoms with Crippen molar-refractivity contribution in [3.63, 3.8) is 0 Å². The third-order valence-electron chi connectivity index (χ3n) is 2.90. The topological polar surface area (TPSA) is 48.3 Å². The molecule has 2 atom stereocenters. The van der Waals surface area contributed by atoms with Crippen LogP contribution in [0.3, 0.4) is 0 Å². The van der Waals surface area contributed by atoms with Gasteiger partial charge < -0.3 is 14.8 Å². The van der Waals surface area contributed by atoms with E-state index in [0.717, 1.165) is 12.2 Å². The Kier molecular flexibility index (Phi) is 6.63. The first-order valence-corrected chi connectivity index (χ1v) is 6.49. The molecule has 0 aromatic carbocycles. The van der Waals surface area contributed by atoms with Crippen LogP contribution < -0.4 is 5.32 Å². The van der Waals surface area contributed by atoms with Gasteiger partial charge in [-0.2, -0.15) is 5.10 Å². The summed E-state index contributed by atoms with van der Waals surface area (Å²) in [5.41, 5.74) is 0.949. The lowest BCUT2D eigenvalue weighted by Crippen LogP contribution is -2.33. The zero-order valence-electron chi connectivity index (χ0n) is 11.4. The number of hydrogen-bond acceptors (Lipinski definition) is 4. The number of nitrogens with one attached hydrogen (secondary N) is 1. The number of rotatable bonds is 8. The average molecular weight is 276 g/mol. The SMILES string of the molecule is CCNC(c1c(Cl)cnn1CCOC)C(C)OC. The lowest BCUT2D eigenvalue weighted by molar-refractivity contribution is 0.0796. The van der Waals surface area contributed by atoms with Crippen LogP contribution in [0.15, 0.2) is 6.20 Å². The monoisotopic (exact) mass is 275 g/mol. The highest BCUT2D eigenvalue weighted by molar-refractivity contribution is 6.31. The molecule has 0 aliphatic heterocycles. The molecule has 0 spiro atoms. The molecule has 0 aliphatic rings. The Balaban J connectivity index is 2.97. The first-order chi connectivity index (χ1) is 8.65. The van der Waals surface area contributed by atoms with E-state index in [4.69, 9.17) is 21.1 Å². The van der Waals surface area contributed by atoms with Gasteiger partial charge in [-0.3, -0.25) is 4.68 Å². The first kappa shape index (κ1) is 15.4. The van der Waals surface area contributed by atoms with Gasteiger partial charge in [-0.15, -0.1) is 0 Å². The second-order valence-corrected chi connectivity index (χ2v) is 4.48. The Bertz CT molecular complexity index is 357. The van der Waals surface area contributed by atoms with Crippen molar-refractivity contribution in [3.05, 3.63) is 16.9 Å². The molecule has 0 saturated heterocycles. The van der Waals surface area contributed by atoms with Gasteiger partial charge >= 0.3 is 0 Å². The van der Waals surface area contributed by atoms with Gasteiger partial charge in [0, 0.05) is 14.2 Å². The van der Waals surface area contributed by atoms with E-state index in [0.29, 0.717) is 18.2 Å². The van der Waals surface area contributed by atoms with Gasteiger partial charge in [0.05, 0.1) is 42.2 Å². The van der Waals surface area contributed by atoms with Crippen LogP contribution >= 0.6 is 11.6 Å². The quantitative estimate of drug-likeness (QED) is 0.787. The van der Waals surface area contributed by atoms with E-state index in [1.54, 1.807) is 20.4 Å². The Morgan fingerprint density at radius 2 is 2.22 bits per heavy atom. The molecule has 5 nitrogen and oxygen atoms in total. The molecular weight excluding hydrogens is 254 g/mol. The van der Waals surface area contributed by atoms with E-state index < -0.39 is 0 Å². The summed E-state index contributed by atoms with van der Waals surface area (Å²) in [6.07, 6.45) is 1.68. The Morgan fingerprint density at radius 1 is 1.50 bits per heavy atom. The van der Waals surface area contributed by atoms with E-state index in [1.165, 1.54) is 0 Å². The molecule has 18 heavy (non-hydrogen) atoms. The molecule has 6 heteroatoms. The lowest BCUT2D eigenvalue weighted by Gasteiger charge is -2.25. The lowest BCUT2D eigenvalue weighted by atomic mass is 10.1. The second kappa shape index (κ2) is 7.74. The largest absolute Gasteiger partial charge is 0.383 e. The van der Waals surface area contributed by atoms with Crippen LogP contribution in [-0.4, -0.2) is 43.3 Å². The molecule has 0 fully saturated rings. The van der Waals surface area contributed by atoms with E-state index in [1.807, 2.05) is 11.6 Å². The van der Waals surface area contributed by atoms with Crippen LogP contribution in [0.4, 0.5) is 0 Å². The van der Waals surface area contributed by atoms with Crippen LogP contribution in [0, 0.1) is 0 Å². The summed E-state index contributed by atoms with van der Waals surface area (Å²) in [4.78, 5) is 0. The van der Waals surface area contributed by atoms with Crippen molar-refractivity contribution in [2.75, 3.05) is 27.4 Å². The van der Waals surface area contributed by atoms with Gasteiger partial charge in [-0.25, -0.2) is 0 Å². The molecule has 1 rings (SSSR count). The van der Waals surface area contributed by atoms with Crippen LogP contribution in [0.25, 0.3) is 0 Å². The van der Waals surface area contributed by atoms with Gasteiger partial charge in [0.15, 0.2) is 0 Å². The number of aromatic nitrogens is 2. The van der Waals surface area contributed by atoms with Gasteiger partial charge in [0.2, 0.25) is 0 Å². The summed E-state index contributed by atoms with van der Waals surface area (Å²) >= 11 is 6.24. The van der Waals surface area contributed by atoms with Gasteiger partial charge in [-0.1, -0.05) is 18.5 Å². The third kappa shape index (κ3) is 3.68. The fraction of sp³-hybridized carbons (Fsp3) is 0.750. The number of hydrogen-bond donors (Lipinski definition) is 1. The molecule has 0 saturated carbocycles. The maximum Gasteiger partial charge on any atom is 0.0835 e. The number of halogens is 1. The number of methoxy groups -OCH3 is 2. The number of ether oxygens (including phenoxy) is 2. The zero-order valence-corrected chi connectivity index (χ0v) is 12.2. The van der Waals surface area contributed by atoms with Crippen LogP contribution in [0.2, 0.25) is 5.02 Å². The second-order valence-electron chi connectivity index (χ2n) is 4.07. The summed E-state index contributed by atoms with van der Waals surface area (Å²) in [6, 6.07) is 0.0202. The molecule has 1 N–H and O–H groups in total. The smallest absolute Gasteiger partial charge is 0.0835 e. The fourth-order valence-corrected chi connectivity index (χ4v) is 2.14. The molecule has 0 bridgehead atoms. The van der Waals surface area contributed by atoms with Crippen molar-refractivity contribution in [2.24, 2.45) is 0 Å². The van der Waals surface area contributed by atoms with Crippen molar-refractivity contribution in [1.82, 2.24) is 15.1 Å². The van der Waals surface area contributed by atoms with E-state index in [9.17, 15) is 0 Å². The van der Waals surface area contributed by atoms with E-state index in [-0.39, 0.29) is 12.1 Å². The van der Waals surface area contributed by atoms with Gasteiger partial charge in [0.1, 0.15) is 0 Å². The van der Waals surface area contributed by atoms with Gasteiger partial charge in [-0.05, 0) is 13.5 Å². The fourth-order valence-electron chi connectivity index (χ4n) is 1.88. The van der Waals surface area contributed by atoms with E-state index in [2.05, 4.69) is 17.3 Å². The molecule has 0 radical (unpaired) electrons.